The van der Waals surface area contributed by atoms with Gasteiger partial charge >= 0.3 is 0 Å². The lowest BCUT2D eigenvalue weighted by Crippen LogP contribution is -2.25. The molecule has 1 aromatic rings. The Balaban J connectivity index is 2.13. The summed E-state index contributed by atoms with van der Waals surface area (Å²) in [6, 6.07) is 0.467. The van der Waals surface area contributed by atoms with E-state index in [1.807, 2.05) is 13.8 Å². The van der Waals surface area contributed by atoms with Crippen LogP contribution in [0.15, 0.2) is 0 Å². The van der Waals surface area contributed by atoms with Crippen LogP contribution in [0.5, 0.6) is 0 Å². The van der Waals surface area contributed by atoms with E-state index in [1.54, 1.807) is 0 Å². The van der Waals surface area contributed by atoms with E-state index in [2.05, 4.69) is 29.1 Å². The van der Waals surface area contributed by atoms with E-state index in [0.717, 1.165) is 24.4 Å². The second-order valence-corrected chi connectivity index (χ2v) is 8.42. The Morgan fingerprint density at radius 3 is 2.33 bits per heavy atom. The highest BCUT2D eigenvalue weighted by molar-refractivity contribution is 7.91. The Bertz CT molecular complexity index is 588. The first-order valence-electron chi connectivity index (χ1n) is 7.56. The summed E-state index contributed by atoms with van der Waals surface area (Å²) in [6.45, 7) is 9.14. The number of nitrogens with zero attached hydrogens (tertiary/aromatic N) is 2. The number of nitrogens with one attached hydrogen (secondary N) is 1. The molecule has 5 nitrogen and oxygen atoms in total. The number of aryl methyl sites for hydroxylation is 2. The minimum atomic E-state index is -2.89. The zero-order valence-electron chi connectivity index (χ0n) is 13.3. The summed E-state index contributed by atoms with van der Waals surface area (Å²) >= 11 is 0. The second-order valence-electron chi connectivity index (χ2n) is 6.19. The first-order chi connectivity index (χ1) is 9.78. The molecule has 1 unspecified atom stereocenters. The molecule has 1 atom stereocenters. The van der Waals surface area contributed by atoms with Crippen LogP contribution in [0.25, 0.3) is 0 Å². The van der Waals surface area contributed by atoms with Gasteiger partial charge in [-0.3, -0.25) is 0 Å². The smallest absolute Gasteiger partial charge is 0.151 e. The number of aromatic nitrogens is 2. The highest BCUT2D eigenvalue weighted by atomic mass is 32.2. The first-order valence-corrected chi connectivity index (χ1v) is 9.38. The van der Waals surface area contributed by atoms with E-state index in [-0.39, 0.29) is 17.4 Å². The zero-order valence-corrected chi connectivity index (χ0v) is 14.1. The van der Waals surface area contributed by atoms with Gasteiger partial charge in [0.15, 0.2) is 9.84 Å². The van der Waals surface area contributed by atoms with Gasteiger partial charge in [-0.1, -0.05) is 13.8 Å². The Labute approximate surface area is 127 Å². The highest BCUT2D eigenvalue weighted by Crippen LogP contribution is 2.27. The molecule has 0 aromatic carbocycles. The zero-order chi connectivity index (χ0) is 15.6. The van der Waals surface area contributed by atoms with Gasteiger partial charge in [-0.15, -0.1) is 0 Å². The van der Waals surface area contributed by atoms with E-state index in [1.165, 1.54) is 5.56 Å². The van der Waals surface area contributed by atoms with Crippen LogP contribution >= 0.6 is 0 Å². The van der Waals surface area contributed by atoms with Crippen LogP contribution in [0.1, 0.15) is 49.0 Å². The van der Waals surface area contributed by atoms with Gasteiger partial charge in [-0.25, -0.2) is 18.4 Å². The fourth-order valence-electron chi connectivity index (χ4n) is 2.79. The molecule has 2 rings (SSSR count). The maximum atomic E-state index is 11.6. The second kappa shape index (κ2) is 6.40. The van der Waals surface area contributed by atoms with Crippen LogP contribution in [0, 0.1) is 13.8 Å². The molecule has 1 fully saturated rings. The summed E-state index contributed by atoms with van der Waals surface area (Å²) in [7, 11) is -2.89. The normalized spacial score (nSPS) is 21.1. The molecule has 1 aromatic heterocycles. The first kappa shape index (κ1) is 16.4. The molecule has 1 saturated heterocycles. The third-order valence-corrected chi connectivity index (χ3v) is 5.73. The Kier molecular flexibility index (Phi) is 4.99. The molecule has 0 amide bonds. The number of rotatable bonds is 5. The van der Waals surface area contributed by atoms with E-state index < -0.39 is 9.84 Å². The maximum absolute atomic E-state index is 11.6. The van der Waals surface area contributed by atoms with E-state index in [4.69, 9.17) is 0 Å². The van der Waals surface area contributed by atoms with Crippen molar-refractivity contribution in [3.05, 3.63) is 22.8 Å². The molecule has 118 valence electrons. The lowest BCUT2D eigenvalue weighted by molar-refractivity contribution is 0.586. The van der Waals surface area contributed by atoms with Gasteiger partial charge < -0.3 is 5.32 Å². The quantitative estimate of drug-likeness (QED) is 0.893. The maximum Gasteiger partial charge on any atom is 0.151 e. The largest absolute Gasteiger partial charge is 0.314 e. The molecule has 21 heavy (non-hydrogen) atoms. The Morgan fingerprint density at radius 2 is 1.86 bits per heavy atom. The monoisotopic (exact) mass is 311 g/mol. The van der Waals surface area contributed by atoms with Crippen molar-refractivity contribution in [2.75, 3.05) is 18.1 Å². The SMILES string of the molecule is Cc1nc(C2CCS(=O)(=O)C2)nc(C)c1CCNC(C)C. The van der Waals surface area contributed by atoms with E-state index in [9.17, 15) is 8.42 Å². The minimum Gasteiger partial charge on any atom is -0.314 e. The molecule has 2 heterocycles. The van der Waals surface area contributed by atoms with Crippen LogP contribution < -0.4 is 5.32 Å². The fraction of sp³-hybridized carbons (Fsp3) is 0.733. The molecule has 0 saturated carbocycles. The van der Waals surface area contributed by atoms with Crippen molar-refractivity contribution in [3.8, 4) is 0 Å². The van der Waals surface area contributed by atoms with Crippen molar-refractivity contribution in [2.24, 2.45) is 0 Å². The molecular formula is C15H25N3O2S. The van der Waals surface area contributed by atoms with Crippen molar-refractivity contribution >= 4 is 9.84 Å². The molecule has 1 N–H and O–H groups in total. The van der Waals surface area contributed by atoms with Crippen molar-refractivity contribution < 1.29 is 8.42 Å². The van der Waals surface area contributed by atoms with Gasteiger partial charge in [-0.05, 0) is 38.8 Å². The predicted octanol–water partition coefficient (Wildman–Crippen LogP) is 1.54. The molecule has 6 heteroatoms. The van der Waals surface area contributed by atoms with Crippen LogP contribution in [0.3, 0.4) is 0 Å². The van der Waals surface area contributed by atoms with E-state index in [0.29, 0.717) is 18.3 Å². The summed E-state index contributed by atoms with van der Waals surface area (Å²) < 4.78 is 23.2. The molecule has 1 aliphatic rings. The van der Waals surface area contributed by atoms with Crippen molar-refractivity contribution in [3.63, 3.8) is 0 Å². The molecule has 0 radical (unpaired) electrons. The standard InChI is InChI=1S/C15H25N3O2S/c1-10(2)16-7-5-14-11(3)17-15(18-12(14)4)13-6-8-21(19,20)9-13/h10,13,16H,5-9H2,1-4H3. The van der Waals surface area contributed by atoms with E-state index >= 15 is 0 Å². The van der Waals surface area contributed by atoms with Crippen molar-refractivity contribution in [1.29, 1.82) is 0 Å². The lowest BCUT2D eigenvalue weighted by Gasteiger charge is -2.14. The van der Waals surface area contributed by atoms with Gasteiger partial charge in [0.2, 0.25) is 0 Å². The summed E-state index contributed by atoms with van der Waals surface area (Å²) in [5.74, 6) is 1.13. The predicted molar refractivity (Wildman–Crippen MR) is 84.4 cm³/mol. The molecular weight excluding hydrogens is 286 g/mol. The van der Waals surface area contributed by atoms with Crippen LogP contribution in [0.2, 0.25) is 0 Å². The Hall–Kier alpha value is -1.01. The minimum absolute atomic E-state index is 0.0322. The summed E-state index contributed by atoms with van der Waals surface area (Å²) in [5.41, 5.74) is 3.13. The van der Waals surface area contributed by atoms with Crippen molar-refractivity contribution in [1.82, 2.24) is 15.3 Å². The Morgan fingerprint density at radius 1 is 1.24 bits per heavy atom. The molecule has 0 spiro atoms. The van der Waals surface area contributed by atoms with Crippen LogP contribution in [0.4, 0.5) is 0 Å². The lowest BCUT2D eigenvalue weighted by atomic mass is 10.1. The fourth-order valence-corrected chi connectivity index (χ4v) is 4.53. The average molecular weight is 311 g/mol. The third kappa shape index (κ3) is 4.23. The third-order valence-electron chi connectivity index (χ3n) is 3.96. The summed E-state index contributed by atoms with van der Waals surface area (Å²) in [5, 5.41) is 3.39. The average Bonchev–Trinajstić information content (AvgIpc) is 2.72. The summed E-state index contributed by atoms with van der Waals surface area (Å²) in [6.07, 6.45) is 1.55. The van der Waals surface area contributed by atoms with Crippen LogP contribution in [-0.4, -0.2) is 42.5 Å². The van der Waals surface area contributed by atoms with Crippen LogP contribution in [-0.2, 0) is 16.3 Å². The molecule has 0 bridgehead atoms. The van der Waals surface area contributed by atoms with Gasteiger partial charge in [0, 0.05) is 23.3 Å². The molecule has 1 aliphatic heterocycles. The highest BCUT2D eigenvalue weighted by Gasteiger charge is 2.31. The molecule has 0 aliphatic carbocycles. The van der Waals surface area contributed by atoms with Gasteiger partial charge in [0.1, 0.15) is 5.82 Å². The number of sulfone groups is 1. The van der Waals surface area contributed by atoms with Gasteiger partial charge in [0.25, 0.3) is 0 Å². The topological polar surface area (TPSA) is 72.0 Å². The number of hydrogen-bond acceptors (Lipinski definition) is 5. The number of hydrogen-bond donors (Lipinski definition) is 1. The van der Waals surface area contributed by atoms with Crippen molar-refractivity contribution in [2.45, 2.75) is 52.5 Å². The van der Waals surface area contributed by atoms with Gasteiger partial charge in [-0.2, -0.15) is 0 Å². The van der Waals surface area contributed by atoms with Gasteiger partial charge in [0.05, 0.1) is 11.5 Å². The summed E-state index contributed by atoms with van der Waals surface area (Å²) in [4.78, 5) is 9.15.